The van der Waals surface area contributed by atoms with Crippen LogP contribution in [0.2, 0.25) is 0 Å². The topological polar surface area (TPSA) is 65.5 Å². The number of piperazine rings is 1. The first-order valence-corrected chi connectivity index (χ1v) is 11.5. The minimum atomic E-state index is 0.596. The van der Waals surface area contributed by atoms with Gasteiger partial charge in [0.2, 0.25) is 0 Å². The predicted octanol–water partition coefficient (Wildman–Crippen LogP) is 2.51. The molecule has 31 heavy (non-hydrogen) atoms. The molecule has 0 radical (unpaired) electrons. The number of hydrogen-bond donors (Lipinski definition) is 1. The lowest BCUT2D eigenvalue weighted by atomic mass is 10.1. The maximum absolute atomic E-state index is 5.44. The van der Waals surface area contributed by atoms with E-state index < -0.39 is 0 Å². The Labute approximate surface area is 189 Å². The SMILES string of the molecule is CCNC(=NCc1csc(N(C)C)n1)N1CCN(Cc2ccc(OC)c(OC)c2)CC1. The van der Waals surface area contributed by atoms with E-state index in [4.69, 9.17) is 14.5 Å². The zero-order valence-corrected chi connectivity index (χ0v) is 20.0. The van der Waals surface area contributed by atoms with Crippen molar-refractivity contribution in [3.8, 4) is 11.5 Å². The standard InChI is InChI=1S/C22H34N6O2S/c1-6-23-21(24-14-18-16-31-22(25-18)26(2)3)28-11-9-27(10-12-28)15-17-7-8-19(29-4)20(13-17)30-5/h7-8,13,16H,6,9-12,14-15H2,1-5H3,(H,23,24). The highest BCUT2D eigenvalue weighted by Crippen LogP contribution is 2.28. The van der Waals surface area contributed by atoms with Gasteiger partial charge in [-0.05, 0) is 24.6 Å². The third-order valence-corrected chi connectivity index (χ3v) is 6.23. The van der Waals surface area contributed by atoms with E-state index in [1.807, 2.05) is 25.1 Å². The predicted molar refractivity (Wildman–Crippen MR) is 128 cm³/mol. The monoisotopic (exact) mass is 446 g/mol. The van der Waals surface area contributed by atoms with Gasteiger partial charge >= 0.3 is 0 Å². The first kappa shape index (κ1) is 23.1. The van der Waals surface area contributed by atoms with Crippen molar-refractivity contribution in [2.75, 3.05) is 65.9 Å². The summed E-state index contributed by atoms with van der Waals surface area (Å²) in [4.78, 5) is 16.3. The lowest BCUT2D eigenvalue weighted by Crippen LogP contribution is -2.52. The van der Waals surface area contributed by atoms with Crippen LogP contribution in [0.15, 0.2) is 28.6 Å². The Balaban J connectivity index is 1.56. The van der Waals surface area contributed by atoms with Crippen molar-refractivity contribution in [3.63, 3.8) is 0 Å². The van der Waals surface area contributed by atoms with E-state index in [1.165, 1.54) is 5.56 Å². The van der Waals surface area contributed by atoms with Crippen molar-refractivity contribution < 1.29 is 9.47 Å². The minimum absolute atomic E-state index is 0.596. The van der Waals surface area contributed by atoms with Crippen molar-refractivity contribution in [3.05, 3.63) is 34.8 Å². The summed E-state index contributed by atoms with van der Waals surface area (Å²) in [6.07, 6.45) is 0. The summed E-state index contributed by atoms with van der Waals surface area (Å²) in [7, 11) is 7.36. The second-order valence-corrected chi connectivity index (χ2v) is 8.48. The van der Waals surface area contributed by atoms with Gasteiger partial charge in [0, 0.05) is 58.7 Å². The van der Waals surface area contributed by atoms with E-state index in [2.05, 4.69) is 44.5 Å². The molecule has 1 aliphatic heterocycles. The van der Waals surface area contributed by atoms with Crippen LogP contribution in [0.5, 0.6) is 11.5 Å². The number of aliphatic imine (C=N–C) groups is 1. The van der Waals surface area contributed by atoms with Gasteiger partial charge in [-0.1, -0.05) is 6.07 Å². The van der Waals surface area contributed by atoms with Gasteiger partial charge < -0.3 is 24.6 Å². The van der Waals surface area contributed by atoms with Crippen molar-refractivity contribution in [2.45, 2.75) is 20.0 Å². The summed E-state index contributed by atoms with van der Waals surface area (Å²) in [5, 5.41) is 6.54. The number of nitrogens with one attached hydrogen (secondary N) is 1. The van der Waals surface area contributed by atoms with Crippen molar-refractivity contribution >= 4 is 22.4 Å². The van der Waals surface area contributed by atoms with Crippen LogP contribution in [-0.2, 0) is 13.1 Å². The summed E-state index contributed by atoms with van der Waals surface area (Å²) in [6.45, 7) is 8.31. The average Bonchev–Trinajstić information content (AvgIpc) is 3.26. The number of nitrogens with zero attached hydrogens (tertiary/aromatic N) is 5. The van der Waals surface area contributed by atoms with Gasteiger partial charge in [-0.15, -0.1) is 11.3 Å². The quantitative estimate of drug-likeness (QED) is 0.494. The van der Waals surface area contributed by atoms with Crippen molar-refractivity contribution in [1.29, 1.82) is 0 Å². The number of aromatic nitrogens is 1. The van der Waals surface area contributed by atoms with Gasteiger partial charge in [0.1, 0.15) is 0 Å². The highest BCUT2D eigenvalue weighted by atomic mass is 32.1. The summed E-state index contributed by atoms with van der Waals surface area (Å²) < 4.78 is 10.8. The van der Waals surface area contributed by atoms with E-state index in [9.17, 15) is 0 Å². The Bertz CT molecular complexity index is 861. The average molecular weight is 447 g/mol. The Morgan fingerprint density at radius 3 is 2.52 bits per heavy atom. The van der Waals surface area contributed by atoms with Gasteiger partial charge in [-0.3, -0.25) is 4.90 Å². The van der Waals surface area contributed by atoms with Crippen LogP contribution in [-0.4, -0.2) is 81.8 Å². The second kappa shape index (κ2) is 11.2. The molecule has 1 aromatic carbocycles. The van der Waals surface area contributed by atoms with Gasteiger partial charge in [0.05, 0.1) is 26.5 Å². The van der Waals surface area contributed by atoms with E-state index in [1.54, 1.807) is 25.6 Å². The lowest BCUT2D eigenvalue weighted by molar-refractivity contribution is 0.172. The molecular formula is C22H34N6O2S. The molecule has 1 aliphatic rings. The molecule has 1 aromatic heterocycles. The fraction of sp³-hybridized carbons (Fsp3) is 0.545. The van der Waals surface area contributed by atoms with Crippen molar-refractivity contribution in [1.82, 2.24) is 20.1 Å². The maximum Gasteiger partial charge on any atom is 0.194 e. The fourth-order valence-corrected chi connectivity index (χ4v) is 4.26. The molecule has 1 saturated heterocycles. The van der Waals surface area contributed by atoms with Crippen LogP contribution in [0.4, 0.5) is 5.13 Å². The molecule has 2 aromatic rings. The molecule has 8 nitrogen and oxygen atoms in total. The molecule has 0 unspecified atom stereocenters. The lowest BCUT2D eigenvalue weighted by Gasteiger charge is -2.36. The van der Waals surface area contributed by atoms with Crippen LogP contribution in [0, 0.1) is 0 Å². The van der Waals surface area contributed by atoms with Crippen LogP contribution in [0.25, 0.3) is 0 Å². The number of ether oxygens (including phenoxy) is 2. The Morgan fingerprint density at radius 2 is 1.90 bits per heavy atom. The molecule has 0 aliphatic carbocycles. The van der Waals surface area contributed by atoms with E-state index >= 15 is 0 Å². The van der Waals surface area contributed by atoms with Gasteiger partial charge in [-0.25, -0.2) is 9.98 Å². The summed E-state index contributed by atoms with van der Waals surface area (Å²) in [6, 6.07) is 6.14. The van der Waals surface area contributed by atoms with E-state index in [-0.39, 0.29) is 0 Å². The van der Waals surface area contributed by atoms with Gasteiger partial charge in [0.25, 0.3) is 0 Å². The van der Waals surface area contributed by atoms with Gasteiger partial charge in [-0.2, -0.15) is 0 Å². The normalized spacial score (nSPS) is 15.1. The number of benzene rings is 1. The highest BCUT2D eigenvalue weighted by molar-refractivity contribution is 7.13. The number of thiazole rings is 1. The molecule has 2 heterocycles. The molecule has 0 amide bonds. The van der Waals surface area contributed by atoms with E-state index in [0.29, 0.717) is 6.54 Å². The minimum Gasteiger partial charge on any atom is -0.493 e. The molecule has 9 heteroatoms. The zero-order valence-electron chi connectivity index (χ0n) is 19.2. The van der Waals surface area contributed by atoms with Crippen molar-refractivity contribution in [2.24, 2.45) is 4.99 Å². The number of anilines is 1. The smallest absolute Gasteiger partial charge is 0.194 e. The first-order valence-electron chi connectivity index (χ1n) is 10.6. The molecular weight excluding hydrogens is 412 g/mol. The Kier molecular flexibility index (Phi) is 8.36. The Hall–Kier alpha value is -2.52. The molecule has 0 spiro atoms. The van der Waals surface area contributed by atoms with Gasteiger partial charge in [0.15, 0.2) is 22.6 Å². The van der Waals surface area contributed by atoms with Crippen LogP contribution in [0.1, 0.15) is 18.2 Å². The largest absolute Gasteiger partial charge is 0.493 e. The molecule has 0 atom stereocenters. The van der Waals surface area contributed by atoms with Crippen LogP contribution >= 0.6 is 11.3 Å². The molecule has 0 saturated carbocycles. The molecule has 0 bridgehead atoms. The number of rotatable bonds is 8. The van der Waals surface area contributed by atoms with Crippen LogP contribution < -0.4 is 19.7 Å². The zero-order chi connectivity index (χ0) is 22.2. The first-order chi connectivity index (χ1) is 15.0. The summed E-state index contributed by atoms with van der Waals surface area (Å²) in [5.41, 5.74) is 2.24. The molecule has 1 N–H and O–H groups in total. The fourth-order valence-electron chi connectivity index (χ4n) is 3.51. The maximum atomic E-state index is 5.44. The summed E-state index contributed by atoms with van der Waals surface area (Å²) >= 11 is 1.65. The van der Waals surface area contributed by atoms with E-state index in [0.717, 1.165) is 67.6 Å². The highest BCUT2D eigenvalue weighted by Gasteiger charge is 2.20. The van der Waals surface area contributed by atoms with Crippen LogP contribution in [0.3, 0.4) is 0 Å². The molecule has 1 fully saturated rings. The third-order valence-electron chi connectivity index (χ3n) is 5.17. The third kappa shape index (κ3) is 6.24. The number of guanidine groups is 1. The molecule has 170 valence electrons. The second-order valence-electron chi connectivity index (χ2n) is 7.64. The number of hydrogen-bond acceptors (Lipinski definition) is 7. The number of methoxy groups -OCH3 is 2. The Morgan fingerprint density at radius 1 is 1.16 bits per heavy atom. The summed E-state index contributed by atoms with van der Waals surface area (Å²) in [5.74, 6) is 2.51. The molecule has 3 rings (SSSR count).